The molecule has 0 atom stereocenters. The maximum Gasteiger partial charge on any atom is 0.228 e. The monoisotopic (exact) mass is 405 g/mol. The Morgan fingerprint density at radius 1 is 1.10 bits per heavy atom. The summed E-state index contributed by atoms with van der Waals surface area (Å²) in [5, 5.41) is 13.9. The summed E-state index contributed by atoms with van der Waals surface area (Å²) < 4.78 is 1.56. The number of carbonyl (C=O) groups is 2. The van der Waals surface area contributed by atoms with Crippen LogP contribution in [-0.2, 0) is 16.0 Å². The summed E-state index contributed by atoms with van der Waals surface area (Å²) in [6.07, 6.45) is 4.89. The molecule has 0 spiro atoms. The van der Waals surface area contributed by atoms with E-state index in [0.29, 0.717) is 38.2 Å². The van der Waals surface area contributed by atoms with E-state index in [1.807, 2.05) is 42.2 Å². The van der Waals surface area contributed by atoms with E-state index in [1.54, 1.807) is 16.9 Å². The largest absolute Gasteiger partial charge is 0.342 e. The highest BCUT2D eigenvalue weighted by atomic mass is 16.2. The Bertz CT molecular complexity index is 993. The number of hydrogen-bond acceptors (Lipinski definition) is 6. The van der Waals surface area contributed by atoms with Crippen LogP contribution < -0.4 is 5.32 Å². The summed E-state index contributed by atoms with van der Waals surface area (Å²) in [7, 11) is 0. The van der Waals surface area contributed by atoms with Crippen LogP contribution in [0, 0.1) is 12.8 Å². The minimum atomic E-state index is -0.104. The van der Waals surface area contributed by atoms with Crippen LogP contribution in [0.3, 0.4) is 0 Å². The van der Waals surface area contributed by atoms with Crippen LogP contribution >= 0.6 is 0 Å². The number of aromatic nitrogens is 5. The molecular formula is C21H23N7O2. The van der Waals surface area contributed by atoms with E-state index in [-0.39, 0.29) is 17.7 Å². The van der Waals surface area contributed by atoms with Gasteiger partial charge in [0.1, 0.15) is 12.1 Å². The normalized spacial score (nSPS) is 14.5. The molecule has 0 aliphatic carbocycles. The highest BCUT2D eigenvalue weighted by Crippen LogP contribution is 2.20. The summed E-state index contributed by atoms with van der Waals surface area (Å²) in [5.74, 6) is 0.503. The number of likely N-dealkylation sites (tertiary alicyclic amines) is 1. The quantitative estimate of drug-likeness (QED) is 0.694. The summed E-state index contributed by atoms with van der Waals surface area (Å²) in [4.78, 5) is 31.2. The molecule has 1 aliphatic heterocycles. The topological polar surface area (TPSA) is 106 Å². The zero-order chi connectivity index (χ0) is 20.9. The summed E-state index contributed by atoms with van der Waals surface area (Å²) in [6.45, 7) is 3.12. The Morgan fingerprint density at radius 2 is 1.87 bits per heavy atom. The van der Waals surface area contributed by atoms with Gasteiger partial charge in [0.25, 0.3) is 0 Å². The van der Waals surface area contributed by atoms with E-state index >= 15 is 0 Å². The van der Waals surface area contributed by atoms with Gasteiger partial charge in [-0.25, -0.2) is 9.67 Å². The van der Waals surface area contributed by atoms with Crippen molar-refractivity contribution in [3.8, 4) is 5.69 Å². The van der Waals surface area contributed by atoms with Crippen LogP contribution in [0.5, 0.6) is 0 Å². The standard InChI is InChI=1S/C21H23N7O2/c1-15-2-7-19(22-13-15)24-21(30)17-8-10-27(11-9-17)20(29)12-16-3-5-18(6-4-16)28-14-23-25-26-28/h2-7,13-14,17H,8-12H2,1H3,(H,22,24,30). The molecule has 1 fully saturated rings. The summed E-state index contributed by atoms with van der Waals surface area (Å²) in [5.41, 5.74) is 2.82. The third kappa shape index (κ3) is 4.68. The van der Waals surface area contributed by atoms with E-state index in [2.05, 4.69) is 25.8 Å². The number of pyridine rings is 1. The van der Waals surface area contributed by atoms with E-state index in [1.165, 1.54) is 6.33 Å². The van der Waals surface area contributed by atoms with Gasteiger partial charge in [0.05, 0.1) is 12.1 Å². The molecule has 1 aromatic carbocycles. The van der Waals surface area contributed by atoms with Crippen molar-refractivity contribution in [2.45, 2.75) is 26.2 Å². The Morgan fingerprint density at radius 3 is 2.50 bits per heavy atom. The Balaban J connectivity index is 1.26. The lowest BCUT2D eigenvalue weighted by Crippen LogP contribution is -2.42. The molecule has 0 saturated carbocycles. The average molecular weight is 405 g/mol. The smallest absolute Gasteiger partial charge is 0.228 e. The fourth-order valence-corrected chi connectivity index (χ4v) is 3.49. The average Bonchev–Trinajstić information content (AvgIpc) is 3.31. The highest BCUT2D eigenvalue weighted by molar-refractivity contribution is 5.92. The van der Waals surface area contributed by atoms with Crippen molar-refractivity contribution in [2.24, 2.45) is 5.92 Å². The van der Waals surface area contributed by atoms with Gasteiger partial charge >= 0.3 is 0 Å². The van der Waals surface area contributed by atoms with Gasteiger partial charge in [0.15, 0.2) is 0 Å². The molecule has 0 radical (unpaired) electrons. The van der Waals surface area contributed by atoms with Crippen molar-refractivity contribution < 1.29 is 9.59 Å². The van der Waals surface area contributed by atoms with E-state index in [0.717, 1.165) is 16.8 Å². The molecule has 9 heteroatoms. The number of rotatable bonds is 5. The maximum absolute atomic E-state index is 12.7. The number of tetrazole rings is 1. The molecule has 1 N–H and O–H groups in total. The minimum absolute atomic E-state index is 0.0309. The second-order valence-electron chi connectivity index (χ2n) is 7.46. The molecule has 0 unspecified atom stereocenters. The first-order valence-electron chi connectivity index (χ1n) is 9.92. The third-order valence-corrected chi connectivity index (χ3v) is 5.29. The zero-order valence-electron chi connectivity index (χ0n) is 16.7. The molecule has 2 aromatic heterocycles. The SMILES string of the molecule is Cc1ccc(NC(=O)C2CCN(C(=O)Cc3ccc(-n4cnnn4)cc3)CC2)nc1. The van der Waals surface area contributed by atoms with Gasteiger partial charge in [0.2, 0.25) is 11.8 Å². The van der Waals surface area contributed by atoms with Crippen LogP contribution in [0.1, 0.15) is 24.0 Å². The number of piperidine rings is 1. The summed E-state index contributed by atoms with van der Waals surface area (Å²) in [6, 6.07) is 11.3. The number of carbonyl (C=O) groups excluding carboxylic acids is 2. The molecule has 1 aliphatic rings. The fraction of sp³-hybridized carbons (Fsp3) is 0.333. The molecule has 154 valence electrons. The van der Waals surface area contributed by atoms with E-state index in [9.17, 15) is 9.59 Å². The Hall–Kier alpha value is -3.62. The van der Waals surface area contributed by atoms with Gasteiger partial charge in [-0.2, -0.15) is 0 Å². The van der Waals surface area contributed by atoms with Gasteiger partial charge in [-0.1, -0.05) is 18.2 Å². The van der Waals surface area contributed by atoms with Gasteiger partial charge in [-0.15, -0.1) is 5.10 Å². The predicted molar refractivity (Wildman–Crippen MR) is 110 cm³/mol. The first-order valence-corrected chi connectivity index (χ1v) is 9.92. The Labute approximate surface area is 174 Å². The van der Waals surface area contributed by atoms with Gasteiger partial charge in [0, 0.05) is 25.2 Å². The van der Waals surface area contributed by atoms with Crippen LogP contribution in [0.25, 0.3) is 5.69 Å². The molecule has 3 heterocycles. The van der Waals surface area contributed by atoms with Crippen molar-refractivity contribution in [3.63, 3.8) is 0 Å². The molecule has 9 nitrogen and oxygen atoms in total. The number of nitrogens with zero attached hydrogens (tertiary/aromatic N) is 6. The van der Waals surface area contributed by atoms with Crippen LogP contribution in [-0.4, -0.2) is 55.0 Å². The number of amides is 2. The van der Waals surface area contributed by atoms with Gasteiger partial charge < -0.3 is 10.2 Å². The lowest BCUT2D eigenvalue weighted by Gasteiger charge is -2.31. The van der Waals surface area contributed by atoms with Crippen LogP contribution in [0.15, 0.2) is 48.9 Å². The van der Waals surface area contributed by atoms with Crippen molar-refractivity contribution >= 4 is 17.6 Å². The molecule has 0 bridgehead atoms. The molecule has 30 heavy (non-hydrogen) atoms. The van der Waals surface area contributed by atoms with Crippen molar-refractivity contribution in [1.82, 2.24) is 30.1 Å². The first-order chi connectivity index (χ1) is 14.6. The number of hydrogen-bond donors (Lipinski definition) is 1. The number of anilines is 1. The predicted octanol–water partition coefficient (Wildman–Crippen LogP) is 1.79. The molecule has 3 aromatic rings. The fourth-order valence-electron chi connectivity index (χ4n) is 3.49. The van der Waals surface area contributed by atoms with Crippen molar-refractivity contribution in [3.05, 3.63) is 60.0 Å². The minimum Gasteiger partial charge on any atom is -0.342 e. The van der Waals surface area contributed by atoms with Gasteiger partial charge in [-0.05, 0) is 59.5 Å². The maximum atomic E-state index is 12.7. The first kappa shape index (κ1) is 19.7. The van der Waals surface area contributed by atoms with Gasteiger partial charge in [-0.3, -0.25) is 9.59 Å². The lowest BCUT2D eigenvalue weighted by molar-refractivity contribution is -0.133. The van der Waals surface area contributed by atoms with Crippen molar-refractivity contribution in [1.29, 1.82) is 0 Å². The van der Waals surface area contributed by atoms with Crippen molar-refractivity contribution in [2.75, 3.05) is 18.4 Å². The second kappa shape index (κ2) is 8.81. The zero-order valence-corrected chi connectivity index (χ0v) is 16.7. The summed E-state index contributed by atoms with van der Waals surface area (Å²) >= 11 is 0. The highest BCUT2D eigenvalue weighted by Gasteiger charge is 2.27. The molecule has 4 rings (SSSR count). The number of aryl methyl sites for hydroxylation is 1. The number of nitrogens with one attached hydrogen (secondary N) is 1. The third-order valence-electron chi connectivity index (χ3n) is 5.29. The van der Waals surface area contributed by atoms with Crippen LogP contribution in [0.2, 0.25) is 0 Å². The number of benzene rings is 1. The van der Waals surface area contributed by atoms with E-state index < -0.39 is 0 Å². The Kier molecular flexibility index (Phi) is 5.78. The second-order valence-corrected chi connectivity index (χ2v) is 7.46. The molecule has 2 amide bonds. The van der Waals surface area contributed by atoms with Crippen LogP contribution in [0.4, 0.5) is 5.82 Å². The molecule has 1 saturated heterocycles. The lowest BCUT2D eigenvalue weighted by atomic mass is 9.95. The van der Waals surface area contributed by atoms with E-state index in [4.69, 9.17) is 0 Å². The molecular weight excluding hydrogens is 382 g/mol.